The molecule has 0 aliphatic heterocycles. The summed E-state index contributed by atoms with van der Waals surface area (Å²) in [7, 11) is 1.30. The molecule has 0 aromatic carbocycles. The summed E-state index contributed by atoms with van der Waals surface area (Å²) in [5.41, 5.74) is 0. The van der Waals surface area contributed by atoms with Crippen LogP contribution in [0.2, 0.25) is 0 Å². The summed E-state index contributed by atoms with van der Waals surface area (Å²) in [4.78, 5) is 24.7. The molecule has 0 fully saturated rings. The van der Waals surface area contributed by atoms with Crippen molar-refractivity contribution in [2.24, 2.45) is 0 Å². The first-order chi connectivity index (χ1) is 22.1. The van der Waals surface area contributed by atoms with Crippen molar-refractivity contribution in [3.8, 4) is 0 Å². The van der Waals surface area contributed by atoms with E-state index in [1.54, 1.807) is 0 Å². The number of phosphoric ester groups is 1. The van der Waals surface area contributed by atoms with Crippen LogP contribution in [0.25, 0.3) is 0 Å². The third-order valence-corrected chi connectivity index (χ3v) is 7.82. The third kappa shape index (κ3) is 33.6. The van der Waals surface area contributed by atoms with Gasteiger partial charge in [-0.25, -0.2) is 0 Å². The Morgan fingerprint density at radius 1 is 0.696 bits per heavy atom. The minimum absolute atomic E-state index is 0.0108. The van der Waals surface area contributed by atoms with Crippen molar-refractivity contribution in [2.45, 2.75) is 116 Å². The summed E-state index contributed by atoms with van der Waals surface area (Å²) >= 11 is 0. The van der Waals surface area contributed by atoms with Gasteiger partial charge in [0, 0.05) is 6.42 Å². The predicted octanol–water partition coefficient (Wildman–Crippen LogP) is 8.79. The number of ether oxygens (including phenoxy) is 2. The second-order valence-electron chi connectivity index (χ2n) is 12.5. The van der Waals surface area contributed by atoms with E-state index in [4.69, 9.17) is 18.5 Å². The lowest BCUT2D eigenvalue weighted by Gasteiger charge is -2.28. The highest BCUT2D eigenvalue weighted by Crippen LogP contribution is 2.38. The Bertz CT molecular complexity index is 921. The van der Waals surface area contributed by atoms with E-state index in [0.29, 0.717) is 30.5 Å². The van der Waals surface area contributed by atoms with E-state index in [2.05, 4.69) is 68.5 Å². The van der Waals surface area contributed by atoms with Gasteiger partial charge in [-0.15, -0.1) is 0 Å². The molecule has 2 unspecified atom stereocenters. The van der Waals surface area contributed by atoms with Gasteiger partial charge in [0.1, 0.15) is 19.3 Å². The molecule has 0 bridgehead atoms. The molecule has 46 heavy (non-hydrogen) atoms. The SMILES string of the molecule is CC/C=C\C/C=C\C/C=C\C/C=C\C/C=C\CCOCC(COP(=O)([O-])OCC[N+](C)(C)C)OC(=O)CCCCCCCCCC. The molecular weight excluding hydrogens is 601 g/mol. The molecule has 0 rings (SSSR count). The smallest absolute Gasteiger partial charge is 0.306 e. The number of hydrogen-bond acceptors (Lipinski definition) is 7. The first-order valence-corrected chi connectivity index (χ1v) is 19.0. The van der Waals surface area contributed by atoms with E-state index in [1.165, 1.54) is 32.1 Å². The lowest BCUT2D eigenvalue weighted by molar-refractivity contribution is -0.870. The van der Waals surface area contributed by atoms with Crippen molar-refractivity contribution in [1.82, 2.24) is 0 Å². The van der Waals surface area contributed by atoms with Gasteiger partial charge in [0.25, 0.3) is 7.82 Å². The van der Waals surface area contributed by atoms with Crippen molar-refractivity contribution in [1.29, 1.82) is 0 Å². The number of esters is 1. The van der Waals surface area contributed by atoms with Crippen molar-refractivity contribution in [2.75, 3.05) is 54.1 Å². The summed E-state index contributed by atoms with van der Waals surface area (Å²) in [6, 6.07) is 0. The van der Waals surface area contributed by atoms with E-state index >= 15 is 0 Å². The molecule has 0 spiro atoms. The summed E-state index contributed by atoms with van der Waals surface area (Å²) in [6.45, 7) is 4.99. The first kappa shape index (κ1) is 44.2. The lowest BCUT2D eigenvalue weighted by Crippen LogP contribution is -2.37. The molecule has 0 aromatic heterocycles. The van der Waals surface area contributed by atoms with Crippen molar-refractivity contribution >= 4 is 13.8 Å². The van der Waals surface area contributed by atoms with E-state index < -0.39 is 13.9 Å². The third-order valence-electron chi connectivity index (χ3n) is 6.85. The number of rotatable bonds is 31. The van der Waals surface area contributed by atoms with Gasteiger partial charge in [0.2, 0.25) is 0 Å². The molecule has 0 radical (unpaired) electrons. The van der Waals surface area contributed by atoms with Crippen LogP contribution in [-0.2, 0) is 27.9 Å². The van der Waals surface area contributed by atoms with Crippen LogP contribution in [0.1, 0.15) is 110 Å². The second-order valence-corrected chi connectivity index (χ2v) is 13.9. The molecule has 2 atom stereocenters. The number of nitrogens with zero attached hydrogens (tertiary/aromatic N) is 1. The molecule has 0 N–H and O–H groups in total. The number of likely N-dealkylation sites (N-methyl/N-ethyl adjacent to an activating group) is 1. The molecule has 0 aromatic rings. The Morgan fingerprint density at radius 2 is 1.22 bits per heavy atom. The number of carbonyl (C=O) groups is 1. The summed E-state index contributed by atoms with van der Waals surface area (Å²) < 4.78 is 34.1. The zero-order chi connectivity index (χ0) is 34.2. The number of carbonyl (C=O) groups excluding carboxylic acids is 1. The average Bonchev–Trinajstić information content (AvgIpc) is 2.99. The quantitative estimate of drug-likeness (QED) is 0.0240. The zero-order valence-corrected chi connectivity index (χ0v) is 30.6. The molecule has 9 heteroatoms. The highest BCUT2D eigenvalue weighted by Gasteiger charge is 2.20. The Kier molecular flexibility index (Phi) is 29.3. The van der Waals surface area contributed by atoms with Gasteiger partial charge in [-0.1, -0.05) is 120 Å². The van der Waals surface area contributed by atoms with Gasteiger partial charge in [-0.3, -0.25) is 9.36 Å². The van der Waals surface area contributed by atoms with Crippen molar-refractivity contribution < 1.29 is 37.3 Å². The minimum Gasteiger partial charge on any atom is -0.756 e. The van der Waals surface area contributed by atoms with Gasteiger partial charge < -0.3 is 27.9 Å². The highest BCUT2D eigenvalue weighted by molar-refractivity contribution is 7.45. The van der Waals surface area contributed by atoms with Crippen molar-refractivity contribution in [3.63, 3.8) is 0 Å². The standard InChI is InChI=1S/C37H66NO7P/c1-6-8-10-12-14-16-17-18-19-20-21-22-23-25-27-29-32-42-34-36(35-44-46(40,41)43-33-31-38(3,4)5)45-37(39)30-28-26-24-15-13-11-9-7-2/h8,10,14,16,18-19,21-22,25,27,36H,6-7,9,11-13,15,17,20,23-24,26,28-35H2,1-5H3/b10-8-,16-14-,19-18-,22-21-,27-25-. The minimum atomic E-state index is -4.53. The number of hydrogen-bond donors (Lipinski definition) is 0. The average molecular weight is 668 g/mol. The maximum absolute atomic E-state index is 12.5. The second kappa shape index (κ2) is 30.5. The van der Waals surface area contributed by atoms with Gasteiger partial charge in [-0.2, -0.15) is 0 Å². The van der Waals surface area contributed by atoms with E-state index in [-0.39, 0.29) is 25.8 Å². The predicted molar refractivity (Wildman–Crippen MR) is 189 cm³/mol. The fourth-order valence-corrected chi connectivity index (χ4v) is 4.87. The number of phosphoric acid groups is 1. The maximum atomic E-state index is 12.5. The van der Waals surface area contributed by atoms with Crippen LogP contribution in [-0.4, -0.2) is 70.7 Å². The monoisotopic (exact) mass is 667 g/mol. The molecule has 0 aliphatic rings. The summed E-state index contributed by atoms with van der Waals surface area (Å²) in [5.74, 6) is -0.368. The Hall–Kier alpha value is -1.80. The summed E-state index contributed by atoms with van der Waals surface area (Å²) in [5, 5.41) is 0. The number of quaternary nitrogens is 1. The first-order valence-electron chi connectivity index (χ1n) is 17.5. The number of allylic oxidation sites excluding steroid dienone is 9. The fourth-order valence-electron chi connectivity index (χ4n) is 4.14. The Balaban J connectivity index is 4.45. The molecule has 0 saturated heterocycles. The molecule has 8 nitrogen and oxygen atoms in total. The van der Waals surface area contributed by atoms with Crippen LogP contribution in [0.4, 0.5) is 0 Å². The molecule has 0 saturated carbocycles. The van der Waals surface area contributed by atoms with Crippen LogP contribution < -0.4 is 4.89 Å². The largest absolute Gasteiger partial charge is 0.756 e. The van der Waals surface area contributed by atoms with Gasteiger partial charge in [0.15, 0.2) is 0 Å². The number of unbranched alkanes of at least 4 members (excludes halogenated alkanes) is 7. The molecular formula is C37H66NO7P. The van der Waals surface area contributed by atoms with Crippen LogP contribution >= 0.6 is 7.82 Å². The summed E-state index contributed by atoms with van der Waals surface area (Å²) in [6.07, 6.45) is 35.5. The molecule has 0 amide bonds. The van der Waals surface area contributed by atoms with Crippen LogP contribution in [0.15, 0.2) is 60.8 Å². The lowest BCUT2D eigenvalue weighted by atomic mass is 10.1. The van der Waals surface area contributed by atoms with Crippen LogP contribution in [0, 0.1) is 0 Å². The van der Waals surface area contributed by atoms with Gasteiger partial charge >= 0.3 is 5.97 Å². The molecule has 0 aliphatic carbocycles. The zero-order valence-electron chi connectivity index (χ0n) is 29.7. The van der Waals surface area contributed by atoms with E-state index in [1.807, 2.05) is 27.2 Å². The van der Waals surface area contributed by atoms with Gasteiger partial charge in [-0.05, 0) is 44.9 Å². The topological polar surface area (TPSA) is 94.1 Å². The van der Waals surface area contributed by atoms with Crippen LogP contribution in [0.5, 0.6) is 0 Å². The molecule has 266 valence electrons. The van der Waals surface area contributed by atoms with E-state index in [9.17, 15) is 14.3 Å². The maximum Gasteiger partial charge on any atom is 0.306 e. The highest BCUT2D eigenvalue weighted by atomic mass is 31.2. The van der Waals surface area contributed by atoms with Crippen LogP contribution in [0.3, 0.4) is 0 Å². The Labute approximate surface area is 281 Å². The fraction of sp³-hybridized carbons (Fsp3) is 0.703. The normalized spacial score (nSPS) is 14.8. The molecule has 0 heterocycles. The van der Waals surface area contributed by atoms with Crippen molar-refractivity contribution in [3.05, 3.63) is 60.8 Å². The van der Waals surface area contributed by atoms with Gasteiger partial charge in [0.05, 0.1) is 41.0 Å². The van der Waals surface area contributed by atoms with E-state index in [0.717, 1.165) is 51.4 Å². The Morgan fingerprint density at radius 3 is 1.76 bits per heavy atom.